The molecule has 0 saturated carbocycles. The molecule has 1 rings (SSSR count). The third kappa shape index (κ3) is 1.16. The lowest BCUT2D eigenvalue weighted by molar-refractivity contribution is 0.183. The maximum atomic E-state index is 5.00. The first-order chi connectivity index (χ1) is 3.39. The maximum absolute atomic E-state index is 5.00. The van der Waals surface area contributed by atoms with Gasteiger partial charge in [-0.05, 0) is 5.57 Å². The van der Waals surface area contributed by atoms with E-state index in [0.29, 0.717) is 6.61 Å². The summed E-state index contributed by atoms with van der Waals surface area (Å²) in [4.78, 5) is 0. The SMILES string of the molecule is C=C1C=CCOC1. The Morgan fingerprint density at radius 3 is 2.86 bits per heavy atom. The lowest BCUT2D eigenvalue weighted by Gasteiger charge is -2.04. The van der Waals surface area contributed by atoms with Crippen molar-refractivity contribution in [3.8, 4) is 0 Å². The van der Waals surface area contributed by atoms with Crippen LogP contribution in [0.15, 0.2) is 24.3 Å². The van der Waals surface area contributed by atoms with Gasteiger partial charge in [-0.3, -0.25) is 0 Å². The lowest BCUT2D eigenvalue weighted by atomic mass is 10.3. The molecule has 0 aromatic heterocycles. The molecule has 0 atom stereocenters. The van der Waals surface area contributed by atoms with Crippen LogP contribution in [-0.4, -0.2) is 13.2 Å². The number of hydrogen-bond donors (Lipinski definition) is 0. The molecule has 1 nitrogen and oxygen atoms in total. The quantitative estimate of drug-likeness (QED) is 0.439. The average molecular weight is 96.1 g/mol. The highest BCUT2D eigenvalue weighted by atomic mass is 16.5. The van der Waals surface area contributed by atoms with Crippen molar-refractivity contribution in [3.63, 3.8) is 0 Å². The van der Waals surface area contributed by atoms with Crippen LogP contribution in [0.25, 0.3) is 0 Å². The standard InChI is InChI=1S/C6H8O/c1-6-3-2-4-7-5-6/h2-3H,1,4-5H2. The summed E-state index contributed by atoms with van der Waals surface area (Å²) in [6.45, 7) is 5.16. The molecule has 0 bridgehead atoms. The third-order valence-electron chi connectivity index (χ3n) is 0.855. The van der Waals surface area contributed by atoms with Crippen molar-refractivity contribution < 1.29 is 4.74 Å². The minimum absolute atomic E-state index is 0.705. The first-order valence-corrected chi connectivity index (χ1v) is 2.31. The van der Waals surface area contributed by atoms with Gasteiger partial charge >= 0.3 is 0 Å². The van der Waals surface area contributed by atoms with Gasteiger partial charge in [0.05, 0.1) is 13.2 Å². The van der Waals surface area contributed by atoms with Crippen LogP contribution in [0.5, 0.6) is 0 Å². The second kappa shape index (κ2) is 1.94. The predicted octanol–water partition coefficient (Wildman–Crippen LogP) is 1.13. The van der Waals surface area contributed by atoms with Gasteiger partial charge in [0.2, 0.25) is 0 Å². The molecule has 1 heteroatoms. The summed E-state index contributed by atoms with van der Waals surface area (Å²) in [5.74, 6) is 0. The molecule has 0 spiro atoms. The summed E-state index contributed by atoms with van der Waals surface area (Å²) in [6.07, 6.45) is 3.95. The summed E-state index contributed by atoms with van der Waals surface area (Å²) < 4.78 is 5.00. The van der Waals surface area contributed by atoms with Crippen LogP contribution in [0.2, 0.25) is 0 Å². The fraction of sp³-hybridized carbons (Fsp3) is 0.333. The molecule has 1 aliphatic heterocycles. The van der Waals surface area contributed by atoms with Gasteiger partial charge < -0.3 is 4.74 Å². The van der Waals surface area contributed by atoms with E-state index in [9.17, 15) is 0 Å². The summed E-state index contributed by atoms with van der Waals surface area (Å²) in [6, 6.07) is 0. The minimum atomic E-state index is 0.705. The monoisotopic (exact) mass is 96.1 g/mol. The van der Waals surface area contributed by atoms with Crippen molar-refractivity contribution in [1.29, 1.82) is 0 Å². The average Bonchev–Trinajstić information content (AvgIpc) is 1.69. The van der Waals surface area contributed by atoms with Gasteiger partial charge in [0.15, 0.2) is 0 Å². The molecule has 0 aromatic rings. The second-order valence-electron chi connectivity index (χ2n) is 1.58. The zero-order chi connectivity index (χ0) is 5.11. The van der Waals surface area contributed by atoms with E-state index < -0.39 is 0 Å². The Kier molecular flexibility index (Phi) is 1.27. The zero-order valence-electron chi connectivity index (χ0n) is 4.18. The fourth-order valence-electron chi connectivity index (χ4n) is 0.521. The van der Waals surface area contributed by atoms with Crippen molar-refractivity contribution in [3.05, 3.63) is 24.3 Å². The Labute approximate surface area is 43.3 Å². The van der Waals surface area contributed by atoms with Crippen LogP contribution >= 0.6 is 0 Å². The van der Waals surface area contributed by atoms with E-state index in [2.05, 4.69) is 6.58 Å². The number of hydrogen-bond acceptors (Lipinski definition) is 1. The smallest absolute Gasteiger partial charge is 0.0715 e. The van der Waals surface area contributed by atoms with E-state index in [1.807, 2.05) is 12.2 Å². The van der Waals surface area contributed by atoms with Gasteiger partial charge in [-0.1, -0.05) is 18.7 Å². The Balaban J connectivity index is 2.51. The summed E-state index contributed by atoms with van der Waals surface area (Å²) in [5.41, 5.74) is 1.06. The molecule has 1 aliphatic rings. The van der Waals surface area contributed by atoms with Gasteiger partial charge in [0, 0.05) is 0 Å². The topological polar surface area (TPSA) is 9.23 Å². The molecule has 7 heavy (non-hydrogen) atoms. The molecule has 0 aliphatic carbocycles. The van der Waals surface area contributed by atoms with Gasteiger partial charge in [0.25, 0.3) is 0 Å². The fourth-order valence-corrected chi connectivity index (χ4v) is 0.521. The van der Waals surface area contributed by atoms with E-state index in [4.69, 9.17) is 4.74 Å². The molecule has 0 radical (unpaired) electrons. The van der Waals surface area contributed by atoms with Gasteiger partial charge in [0.1, 0.15) is 0 Å². The highest BCUT2D eigenvalue weighted by molar-refractivity contribution is 5.16. The number of ether oxygens (including phenoxy) is 1. The van der Waals surface area contributed by atoms with Crippen molar-refractivity contribution in [2.75, 3.05) is 13.2 Å². The van der Waals surface area contributed by atoms with E-state index in [-0.39, 0.29) is 0 Å². The van der Waals surface area contributed by atoms with E-state index in [1.54, 1.807) is 0 Å². The first kappa shape index (κ1) is 4.60. The van der Waals surface area contributed by atoms with Gasteiger partial charge in [-0.15, -0.1) is 0 Å². The Hall–Kier alpha value is -0.560. The van der Waals surface area contributed by atoms with Crippen molar-refractivity contribution >= 4 is 0 Å². The van der Waals surface area contributed by atoms with Crippen LogP contribution in [0.4, 0.5) is 0 Å². The van der Waals surface area contributed by atoms with E-state index in [1.165, 1.54) is 0 Å². The number of rotatable bonds is 0. The van der Waals surface area contributed by atoms with Crippen LogP contribution in [0.3, 0.4) is 0 Å². The Bertz CT molecular complexity index is 103. The van der Waals surface area contributed by atoms with Crippen molar-refractivity contribution in [2.45, 2.75) is 0 Å². The van der Waals surface area contributed by atoms with E-state index >= 15 is 0 Å². The highest BCUT2D eigenvalue weighted by Gasteiger charge is 1.91. The normalized spacial score (nSPS) is 20.3. The highest BCUT2D eigenvalue weighted by Crippen LogP contribution is 1.98. The Morgan fingerprint density at radius 1 is 1.71 bits per heavy atom. The molecular formula is C6H8O. The molecule has 0 saturated heterocycles. The molecule has 0 aromatic carbocycles. The van der Waals surface area contributed by atoms with Gasteiger partial charge in [-0.25, -0.2) is 0 Å². The molecular weight excluding hydrogens is 88.1 g/mol. The summed E-state index contributed by atoms with van der Waals surface area (Å²) in [5, 5.41) is 0. The third-order valence-corrected chi connectivity index (χ3v) is 0.855. The summed E-state index contributed by atoms with van der Waals surface area (Å²) in [7, 11) is 0. The summed E-state index contributed by atoms with van der Waals surface area (Å²) >= 11 is 0. The zero-order valence-corrected chi connectivity index (χ0v) is 4.18. The van der Waals surface area contributed by atoms with Crippen LogP contribution in [-0.2, 0) is 4.74 Å². The van der Waals surface area contributed by atoms with Crippen LogP contribution in [0.1, 0.15) is 0 Å². The minimum Gasteiger partial charge on any atom is -0.373 e. The molecule has 0 unspecified atom stereocenters. The molecule has 0 fully saturated rings. The van der Waals surface area contributed by atoms with E-state index in [0.717, 1.165) is 12.2 Å². The van der Waals surface area contributed by atoms with Crippen LogP contribution < -0.4 is 0 Å². The first-order valence-electron chi connectivity index (χ1n) is 2.31. The maximum Gasteiger partial charge on any atom is 0.0715 e. The molecule has 0 N–H and O–H groups in total. The molecule has 1 heterocycles. The Morgan fingerprint density at radius 2 is 2.57 bits per heavy atom. The van der Waals surface area contributed by atoms with Crippen molar-refractivity contribution in [2.24, 2.45) is 0 Å². The second-order valence-corrected chi connectivity index (χ2v) is 1.58. The molecule has 0 amide bonds. The predicted molar refractivity (Wildman–Crippen MR) is 29.1 cm³/mol. The largest absolute Gasteiger partial charge is 0.373 e. The lowest BCUT2D eigenvalue weighted by Crippen LogP contribution is -2.00. The van der Waals surface area contributed by atoms with Crippen LogP contribution in [0, 0.1) is 0 Å². The van der Waals surface area contributed by atoms with Crippen molar-refractivity contribution in [1.82, 2.24) is 0 Å². The molecule has 38 valence electrons. The van der Waals surface area contributed by atoms with Gasteiger partial charge in [-0.2, -0.15) is 0 Å².